The standard InChI is InChI=1S/C14H11Cl2NO3/c1-7-4-9(18)2-3-10(7)14(20)17-12-6-8(15)5-11(16)13(12)19/h2-6,18-19H,1H3,(H,17,20). The smallest absolute Gasteiger partial charge is 0.256 e. The van der Waals surface area contributed by atoms with Crippen molar-refractivity contribution in [3.63, 3.8) is 0 Å². The first-order chi connectivity index (χ1) is 9.38. The number of aromatic hydroxyl groups is 2. The number of phenols is 2. The highest BCUT2D eigenvalue weighted by molar-refractivity contribution is 6.36. The number of nitrogens with one attached hydrogen (secondary N) is 1. The maximum atomic E-state index is 12.1. The molecule has 6 heteroatoms. The van der Waals surface area contributed by atoms with Crippen molar-refractivity contribution < 1.29 is 15.0 Å². The average Bonchev–Trinajstić information content (AvgIpc) is 2.35. The van der Waals surface area contributed by atoms with Gasteiger partial charge in [-0.2, -0.15) is 0 Å². The summed E-state index contributed by atoms with van der Waals surface area (Å²) in [6.45, 7) is 1.69. The predicted octanol–water partition coefficient (Wildman–Crippen LogP) is 3.97. The Labute approximate surface area is 125 Å². The summed E-state index contributed by atoms with van der Waals surface area (Å²) in [4.78, 5) is 12.1. The lowest BCUT2D eigenvalue weighted by Crippen LogP contribution is -2.13. The summed E-state index contributed by atoms with van der Waals surface area (Å²) in [6, 6.07) is 7.14. The molecular formula is C14H11Cl2NO3. The van der Waals surface area contributed by atoms with Gasteiger partial charge in [0.1, 0.15) is 5.75 Å². The van der Waals surface area contributed by atoms with E-state index in [1.165, 1.54) is 30.3 Å². The second kappa shape index (κ2) is 5.61. The molecule has 0 atom stereocenters. The van der Waals surface area contributed by atoms with Crippen molar-refractivity contribution >= 4 is 34.8 Å². The number of amides is 1. The molecule has 2 aromatic carbocycles. The topological polar surface area (TPSA) is 69.6 Å². The molecule has 4 nitrogen and oxygen atoms in total. The molecule has 0 aromatic heterocycles. The maximum Gasteiger partial charge on any atom is 0.256 e. The Morgan fingerprint density at radius 1 is 1.15 bits per heavy atom. The lowest BCUT2D eigenvalue weighted by Gasteiger charge is -2.10. The van der Waals surface area contributed by atoms with Gasteiger partial charge in [0.05, 0.1) is 10.7 Å². The van der Waals surface area contributed by atoms with Gasteiger partial charge in [-0.25, -0.2) is 0 Å². The van der Waals surface area contributed by atoms with Gasteiger partial charge in [0.15, 0.2) is 5.75 Å². The molecule has 0 fully saturated rings. The Hall–Kier alpha value is -1.91. The Bertz CT molecular complexity index is 686. The van der Waals surface area contributed by atoms with Gasteiger partial charge in [-0.05, 0) is 42.8 Å². The van der Waals surface area contributed by atoms with Crippen molar-refractivity contribution in [1.82, 2.24) is 0 Å². The molecule has 0 bridgehead atoms. The zero-order valence-electron chi connectivity index (χ0n) is 10.4. The summed E-state index contributed by atoms with van der Waals surface area (Å²) in [6.07, 6.45) is 0. The fourth-order valence-corrected chi connectivity index (χ4v) is 2.25. The molecule has 0 saturated carbocycles. The number of carbonyl (C=O) groups excluding carboxylic acids is 1. The van der Waals surface area contributed by atoms with Gasteiger partial charge in [-0.1, -0.05) is 23.2 Å². The van der Waals surface area contributed by atoms with E-state index in [1.807, 2.05) is 0 Å². The van der Waals surface area contributed by atoms with Crippen LogP contribution < -0.4 is 5.32 Å². The molecule has 104 valence electrons. The molecular weight excluding hydrogens is 301 g/mol. The molecule has 0 saturated heterocycles. The normalized spacial score (nSPS) is 10.3. The number of halogens is 2. The Morgan fingerprint density at radius 2 is 1.85 bits per heavy atom. The van der Waals surface area contributed by atoms with Crippen molar-refractivity contribution in [2.45, 2.75) is 6.92 Å². The maximum absolute atomic E-state index is 12.1. The van der Waals surface area contributed by atoms with E-state index in [9.17, 15) is 15.0 Å². The predicted molar refractivity (Wildman–Crippen MR) is 78.9 cm³/mol. The number of hydrogen-bond donors (Lipinski definition) is 3. The average molecular weight is 312 g/mol. The number of anilines is 1. The Morgan fingerprint density at radius 3 is 2.50 bits per heavy atom. The van der Waals surface area contributed by atoms with E-state index in [0.717, 1.165) is 0 Å². The molecule has 0 radical (unpaired) electrons. The second-order valence-electron chi connectivity index (χ2n) is 4.24. The summed E-state index contributed by atoms with van der Waals surface area (Å²) >= 11 is 11.6. The van der Waals surface area contributed by atoms with Crippen LogP contribution >= 0.6 is 23.2 Å². The van der Waals surface area contributed by atoms with Gasteiger partial charge < -0.3 is 15.5 Å². The van der Waals surface area contributed by atoms with Gasteiger partial charge in [-0.3, -0.25) is 4.79 Å². The van der Waals surface area contributed by atoms with E-state index in [2.05, 4.69) is 5.32 Å². The molecule has 0 aliphatic carbocycles. The van der Waals surface area contributed by atoms with Crippen molar-refractivity contribution in [3.8, 4) is 11.5 Å². The third-order valence-electron chi connectivity index (χ3n) is 2.73. The summed E-state index contributed by atoms with van der Waals surface area (Å²) in [5.41, 5.74) is 1.10. The van der Waals surface area contributed by atoms with Crippen LogP contribution in [0.3, 0.4) is 0 Å². The number of aryl methyl sites for hydroxylation is 1. The van der Waals surface area contributed by atoms with Gasteiger partial charge >= 0.3 is 0 Å². The Balaban J connectivity index is 2.32. The van der Waals surface area contributed by atoms with Crippen LogP contribution in [0.5, 0.6) is 11.5 Å². The molecule has 2 aromatic rings. The molecule has 3 N–H and O–H groups in total. The van der Waals surface area contributed by atoms with Crippen molar-refractivity contribution in [2.75, 3.05) is 5.32 Å². The van der Waals surface area contributed by atoms with Gasteiger partial charge in [0.25, 0.3) is 5.91 Å². The zero-order chi connectivity index (χ0) is 14.9. The first-order valence-corrected chi connectivity index (χ1v) is 6.43. The molecule has 0 spiro atoms. The number of rotatable bonds is 2. The molecule has 0 aliphatic heterocycles. The van der Waals surface area contributed by atoms with Crippen LogP contribution in [0.25, 0.3) is 0 Å². The van der Waals surface area contributed by atoms with Crippen LogP contribution in [0.1, 0.15) is 15.9 Å². The first-order valence-electron chi connectivity index (χ1n) is 5.67. The third kappa shape index (κ3) is 2.98. The highest BCUT2D eigenvalue weighted by Crippen LogP contribution is 2.35. The number of carbonyl (C=O) groups is 1. The molecule has 0 heterocycles. The largest absolute Gasteiger partial charge is 0.508 e. The highest BCUT2D eigenvalue weighted by atomic mass is 35.5. The minimum atomic E-state index is -0.434. The second-order valence-corrected chi connectivity index (χ2v) is 5.08. The van der Waals surface area contributed by atoms with E-state index in [4.69, 9.17) is 23.2 Å². The monoisotopic (exact) mass is 311 g/mol. The van der Waals surface area contributed by atoms with Gasteiger partial charge in [0.2, 0.25) is 0 Å². The molecule has 20 heavy (non-hydrogen) atoms. The van der Waals surface area contributed by atoms with Crippen LogP contribution in [0.2, 0.25) is 10.0 Å². The number of phenolic OH excluding ortho intramolecular Hbond substituents is 2. The fraction of sp³-hybridized carbons (Fsp3) is 0.0714. The van der Waals surface area contributed by atoms with Crippen LogP contribution in [-0.4, -0.2) is 16.1 Å². The zero-order valence-corrected chi connectivity index (χ0v) is 12.0. The van der Waals surface area contributed by atoms with Crippen LogP contribution in [0, 0.1) is 6.92 Å². The molecule has 0 aliphatic rings. The van der Waals surface area contributed by atoms with Crippen LogP contribution in [0.4, 0.5) is 5.69 Å². The van der Waals surface area contributed by atoms with Gasteiger partial charge in [-0.15, -0.1) is 0 Å². The quantitative estimate of drug-likeness (QED) is 0.735. The summed E-state index contributed by atoms with van der Waals surface area (Å²) in [7, 11) is 0. The van der Waals surface area contributed by atoms with E-state index in [0.29, 0.717) is 16.1 Å². The van der Waals surface area contributed by atoms with E-state index >= 15 is 0 Å². The van der Waals surface area contributed by atoms with Gasteiger partial charge in [0, 0.05) is 10.6 Å². The van der Waals surface area contributed by atoms with Crippen molar-refractivity contribution in [1.29, 1.82) is 0 Å². The fourth-order valence-electron chi connectivity index (χ4n) is 1.75. The highest BCUT2D eigenvalue weighted by Gasteiger charge is 2.14. The van der Waals surface area contributed by atoms with Crippen LogP contribution in [-0.2, 0) is 0 Å². The van der Waals surface area contributed by atoms with E-state index < -0.39 is 5.91 Å². The third-order valence-corrected chi connectivity index (χ3v) is 3.24. The molecule has 1 amide bonds. The minimum Gasteiger partial charge on any atom is -0.508 e. The first kappa shape index (κ1) is 14.5. The Kier molecular flexibility index (Phi) is 4.06. The number of hydrogen-bond acceptors (Lipinski definition) is 3. The summed E-state index contributed by atoms with van der Waals surface area (Å²) in [5.74, 6) is -0.607. The SMILES string of the molecule is Cc1cc(O)ccc1C(=O)Nc1cc(Cl)cc(Cl)c1O. The van der Waals surface area contributed by atoms with Crippen molar-refractivity contribution in [3.05, 3.63) is 51.5 Å². The minimum absolute atomic E-state index is 0.0511. The van der Waals surface area contributed by atoms with Crippen LogP contribution in [0.15, 0.2) is 30.3 Å². The lowest BCUT2D eigenvalue weighted by atomic mass is 10.1. The van der Waals surface area contributed by atoms with E-state index in [-0.39, 0.29) is 22.2 Å². The summed E-state index contributed by atoms with van der Waals surface area (Å²) < 4.78 is 0. The van der Waals surface area contributed by atoms with E-state index in [1.54, 1.807) is 6.92 Å². The number of benzene rings is 2. The molecule has 0 unspecified atom stereocenters. The lowest BCUT2D eigenvalue weighted by molar-refractivity contribution is 0.102. The molecule has 2 rings (SSSR count). The summed E-state index contributed by atoms with van der Waals surface area (Å²) in [5, 5.41) is 22.0. The van der Waals surface area contributed by atoms with Crippen molar-refractivity contribution in [2.24, 2.45) is 0 Å².